The van der Waals surface area contributed by atoms with Crippen molar-refractivity contribution in [2.75, 3.05) is 13.2 Å². The molecular weight excluding hydrogens is 430 g/mol. The van der Waals surface area contributed by atoms with Crippen LogP contribution in [-0.2, 0) is 27.7 Å². The van der Waals surface area contributed by atoms with Crippen molar-refractivity contribution in [3.63, 3.8) is 0 Å². The average Bonchev–Trinajstić information content (AvgIpc) is 3.27. The maximum absolute atomic E-state index is 12.8. The van der Waals surface area contributed by atoms with Gasteiger partial charge in [0.25, 0.3) is 11.5 Å². The van der Waals surface area contributed by atoms with Gasteiger partial charge in [-0.25, -0.2) is 4.79 Å². The number of carbonyl (C=O) groups is 1. The van der Waals surface area contributed by atoms with E-state index in [4.69, 9.17) is 14.2 Å². The molecule has 2 aromatic rings. The lowest BCUT2D eigenvalue weighted by molar-refractivity contribution is -0.153. The summed E-state index contributed by atoms with van der Waals surface area (Å²) in [5, 5.41) is 7.29. The molecular formula is C22H31N5O6. The molecule has 2 N–H and O–H groups in total. The Balaban J connectivity index is 1.51. The number of nitrogens with one attached hydrogen (secondary N) is 2. The van der Waals surface area contributed by atoms with Crippen LogP contribution in [-0.4, -0.2) is 62.5 Å². The number of hydrogen-bond acceptors (Lipinski definition) is 7. The van der Waals surface area contributed by atoms with Crippen LogP contribution in [0.4, 0.5) is 0 Å². The zero-order chi connectivity index (χ0) is 23.9. The summed E-state index contributed by atoms with van der Waals surface area (Å²) < 4.78 is 21.3. The summed E-state index contributed by atoms with van der Waals surface area (Å²) in [6.45, 7) is 7.66. The molecule has 0 spiro atoms. The van der Waals surface area contributed by atoms with E-state index in [0.29, 0.717) is 11.3 Å². The van der Waals surface area contributed by atoms with E-state index in [2.05, 4.69) is 22.3 Å². The number of fused-ring (bicyclic) bond motifs is 1. The lowest BCUT2D eigenvalue weighted by Gasteiger charge is -2.37. The van der Waals surface area contributed by atoms with Crippen molar-refractivity contribution in [3.05, 3.63) is 50.1 Å². The van der Waals surface area contributed by atoms with Crippen molar-refractivity contribution < 1.29 is 19.0 Å². The summed E-state index contributed by atoms with van der Waals surface area (Å²) in [6, 6.07) is 1.31. The molecule has 2 saturated heterocycles. The number of rotatable bonds is 6. The maximum Gasteiger partial charge on any atom is 0.328 e. The van der Waals surface area contributed by atoms with E-state index < -0.39 is 41.4 Å². The summed E-state index contributed by atoms with van der Waals surface area (Å²) in [6.07, 6.45) is 1.79. The highest BCUT2D eigenvalue weighted by atomic mass is 16.8. The first-order valence-corrected chi connectivity index (χ1v) is 11.2. The van der Waals surface area contributed by atoms with E-state index in [1.165, 1.54) is 10.8 Å². The molecule has 0 bridgehead atoms. The molecule has 4 rings (SSSR count). The number of ether oxygens (including phenoxy) is 3. The summed E-state index contributed by atoms with van der Waals surface area (Å²) in [5.74, 6) is -1.14. The Bertz CT molecular complexity index is 1150. The zero-order valence-corrected chi connectivity index (χ0v) is 19.6. The normalized spacial score (nSPS) is 26.2. The van der Waals surface area contributed by atoms with E-state index in [9.17, 15) is 14.4 Å². The fourth-order valence-corrected chi connectivity index (χ4v) is 4.46. The SMILES string of the molecule is CCCc1cc(C(=O)NC[C@H]2OC[C@@H](n3cc(C)c(=O)[nH]c3=O)[C@@H]3OC(C)(C)O[C@@H]32)n(C)n1. The van der Waals surface area contributed by atoms with Crippen LogP contribution < -0.4 is 16.6 Å². The number of amides is 1. The van der Waals surface area contributed by atoms with Crippen LogP contribution >= 0.6 is 0 Å². The quantitative estimate of drug-likeness (QED) is 0.638. The third kappa shape index (κ3) is 4.66. The molecule has 0 unspecified atom stereocenters. The Morgan fingerprint density at radius 1 is 1.30 bits per heavy atom. The van der Waals surface area contributed by atoms with E-state index in [1.54, 1.807) is 38.6 Å². The van der Waals surface area contributed by atoms with Gasteiger partial charge in [0.05, 0.1) is 18.3 Å². The van der Waals surface area contributed by atoms with Gasteiger partial charge in [-0.3, -0.25) is 23.8 Å². The molecule has 0 aliphatic carbocycles. The molecule has 2 fully saturated rings. The van der Waals surface area contributed by atoms with Crippen molar-refractivity contribution >= 4 is 5.91 Å². The van der Waals surface area contributed by atoms with Gasteiger partial charge in [-0.15, -0.1) is 0 Å². The molecule has 11 nitrogen and oxygen atoms in total. The van der Waals surface area contributed by atoms with Gasteiger partial charge in [-0.05, 0) is 33.3 Å². The first-order valence-electron chi connectivity index (χ1n) is 11.2. The maximum atomic E-state index is 12.8. The highest BCUT2D eigenvalue weighted by molar-refractivity contribution is 5.92. The third-order valence-corrected chi connectivity index (χ3v) is 6.03. The van der Waals surface area contributed by atoms with Crippen LogP contribution in [0, 0.1) is 6.92 Å². The molecule has 33 heavy (non-hydrogen) atoms. The van der Waals surface area contributed by atoms with Crippen LogP contribution in [0.5, 0.6) is 0 Å². The van der Waals surface area contributed by atoms with Crippen molar-refractivity contribution in [1.29, 1.82) is 0 Å². The minimum Gasteiger partial charge on any atom is -0.371 e. The van der Waals surface area contributed by atoms with Gasteiger partial charge in [-0.2, -0.15) is 5.10 Å². The smallest absolute Gasteiger partial charge is 0.328 e. The molecule has 1 amide bonds. The molecule has 4 heterocycles. The Hall–Kier alpha value is -2.76. The molecule has 0 aromatic carbocycles. The highest BCUT2D eigenvalue weighted by Gasteiger charge is 2.52. The minimum absolute atomic E-state index is 0.166. The molecule has 0 saturated carbocycles. The predicted octanol–water partition coefficient (Wildman–Crippen LogP) is 0.421. The molecule has 11 heteroatoms. The number of aryl methyl sites for hydroxylation is 3. The first-order chi connectivity index (χ1) is 15.6. The van der Waals surface area contributed by atoms with Crippen molar-refractivity contribution in [3.8, 4) is 0 Å². The Morgan fingerprint density at radius 3 is 2.76 bits per heavy atom. The van der Waals surface area contributed by atoms with Gasteiger partial charge < -0.3 is 19.5 Å². The largest absolute Gasteiger partial charge is 0.371 e. The van der Waals surface area contributed by atoms with Gasteiger partial charge in [0, 0.05) is 25.4 Å². The number of carbonyl (C=O) groups excluding carboxylic acids is 1. The monoisotopic (exact) mass is 461 g/mol. The van der Waals surface area contributed by atoms with E-state index in [0.717, 1.165) is 18.5 Å². The summed E-state index contributed by atoms with van der Waals surface area (Å²) in [7, 11) is 1.74. The minimum atomic E-state index is -0.887. The van der Waals surface area contributed by atoms with Crippen LogP contribution in [0.3, 0.4) is 0 Å². The number of nitrogens with zero attached hydrogens (tertiary/aromatic N) is 3. The van der Waals surface area contributed by atoms with Crippen LogP contribution in [0.1, 0.15) is 55.0 Å². The van der Waals surface area contributed by atoms with Crippen molar-refractivity contribution in [2.45, 2.75) is 70.7 Å². The fraction of sp³-hybridized carbons (Fsp3) is 0.636. The molecule has 4 atom stereocenters. The summed E-state index contributed by atoms with van der Waals surface area (Å²) >= 11 is 0. The first kappa shape index (κ1) is 23.4. The molecule has 2 aliphatic rings. The van der Waals surface area contributed by atoms with E-state index in [-0.39, 0.29) is 19.1 Å². The number of hydrogen-bond donors (Lipinski definition) is 2. The Morgan fingerprint density at radius 2 is 2.03 bits per heavy atom. The van der Waals surface area contributed by atoms with Crippen LogP contribution in [0.15, 0.2) is 21.9 Å². The topological polar surface area (TPSA) is 129 Å². The van der Waals surface area contributed by atoms with E-state index in [1.807, 2.05) is 0 Å². The third-order valence-electron chi connectivity index (χ3n) is 6.03. The number of aromatic amines is 1. The number of H-pyrrole nitrogens is 1. The Labute approximate surface area is 191 Å². The lowest BCUT2D eigenvalue weighted by atomic mass is 9.97. The molecule has 2 aromatic heterocycles. The fourth-order valence-electron chi connectivity index (χ4n) is 4.46. The highest BCUT2D eigenvalue weighted by Crippen LogP contribution is 2.39. The summed E-state index contributed by atoms with van der Waals surface area (Å²) in [5.41, 5.74) is 0.807. The second-order valence-electron chi connectivity index (χ2n) is 9.09. The molecule has 2 aliphatic heterocycles. The van der Waals surface area contributed by atoms with Crippen molar-refractivity contribution in [1.82, 2.24) is 24.6 Å². The second-order valence-corrected chi connectivity index (χ2v) is 9.09. The lowest BCUT2D eigenvalue weighted by Crippen LogP contribution is -2.54. The molecule has 0 radical (unpaired) electrons. The second kappa shape index (κ2) is 8.88. The average molecular weight is 462 g/mol. The van der Waals surface area contributed by atoms with Gasteiger partial charge in [0.2, 0.25) is 0 Å². The standard InChI is InChI=1S/C22H31N5O6/c1-6-7-13-8-14(26(5)25-13)20(29)23-9-16-18-17(32-22(3,4)33-18)15(11-31-16)27-10-12(2)19(28)24-21(27)30/h8,10,15-18H,6-7,9,11H2,1-5H3,(H,23,29)(H,24,28,30)/t15-,16-,17+,18-/m1/s1. The van der Waals surface area contributed by atoms with Gasteiger partial charge in [0.15, 0.2) is 5.79 Å². The molecule has 180 valence electrons. The Kier molecular flexibility index (Phi) is 6.30. The van der Waals surface area contributed by atoms with Gasteiger partial charge in [-0.1, -0.05) is 13.3 Å². The van der Waals surface area contributed by atoms with Crippen LogP contribution in [0.25, 0.3) is 0 Å². The zero-order valence-electron chi connectivity index (χ0n) is 19.6. The summed E-state index contributed by atoms with van der Waals surface area (Å²) in [4.78, 5) is 39.3. The number of aromatic nitrogens is 4. The van der Waals surface area contributed by atoms with Gasteiger partial charge in [0.1, 0.15) is 24.0 Å². The van der Waals surface area contributed by atoms with E-state index >= 15 is 0 Å². The van der Waals surface area contributed by atoms with Crippen LogP contribution in [0.2, 0.25) is 0 Å². The van der Waals surface area contributed by atoms with Gasteiger partial charge >= 0.3 is 5.69 Å². The van der Waals surface area contributed by atoms with Crippen molar-refractivity contribution in [2.24, 2.45) is 7.05 Å². The predicted molar refractivity (Wildman–Crippen MR) is 118 cm³/mol.